The molecule has 1 aromatic rings. The van der Waals surface area contributed by atoms with E-state index in [2.05, 4.69) is 0 Å². The van der Waals surface area contributed by atoms with Gasteiger partial charge in [-0.3, -0.25) is 4.79 Å². The van der Waals surface area contributed by atoms with Gasteiger partial charge in [-0.2, -0.15) is 0 Å². The number of ether oxygens (including phenoxy) is 1. The lowest BCUT2D eigenvalue weighted by atomic mass is 9.65. The molecule has 2 rings (SSSR count). The summed E-state index contributed by atoms with van der Waals surface area (Å²) in [5.74, 6) is -0.125. The molecule has 4 nitrogen and oxygen atoms in total. The number of rotatable bonds is 5. The van der Waals surface area contributed by atoms with Crippen molar-refractivity contribution in [3.8, 4) is 5.75 Å². The number of aliphatic hydroxyl groups is 1. The summed E-state index contributed by atoms with van der Waals surface area (Å²) in [4.78, 5) is 11.3. The minimum atomic E-state index is -0.796. The fourth-order valence-electron chi connectivity index (χ4n) is 2.45. The predicted molar refractivity (Wildman–Crippen MR) is 66.5 cm³/mol. The van der Waals surface area contributed by atoms with Crippen LogP contribution in [0.5, 0.6) is 5.75 Å². The van der Waals surface area contributed by atoms with Crippen LogP contribution in [0.1, 0.15) is 37.4 Å². The molecule has 0 radical (unpaired) electrons. The smallest absolute Gasteiger partial charge is 0.309 e. The number of hydrogen-bond acceptors (Lipinski definition) is 3. The van der Waals surface area contributed by atoms with Crippen LogP contribution in [0.3, 0.4) is 0 Å². The fourth-order valence-corrected chi connectivity index (χ4v) is 2.45. The summed E-state index contributed by atoms with van der Waals surface area (Å²) in [6.07, 6.45) is 1.76. The molecule has 1 atom stereocenters. The first-order chi connectivity index (χ1) is 8.57. The molecule has 1 aromatic carbocycles. The molecule has 4 heteroatoms. The van der Waals surface area contributed by atoms with Crippen molar-refractivity contribution >= 4 is 5.97 Å². The van der Waals surface area contributed by atoms with E-state index in [1.54, 1.807) is 31.4 Å². The molecule has 18 heavy (non-hydrogen) atoms. The SMILES string of the molecule is COc1cccc(C(O)CC2(C(=O)O)CCC2)c1. The molecule has 0 spiro atoms. The van der Waals surface area contributed by atoms with Gasteiger partial charge in [-0.25, -0.2) is 0 Å². The lowest BCUT2D eigenvalue weighted by Gasteiger charge is -2.39. The van der Waals surface area contributed by atoms with Crippen LogP contribution in [-0.4, -0.2) is 23.3 Å². The summed E-state index contributed by atoms with van der Waals surface area (Å²) in [7, 11) is 1.57. The fraction of sp³-hybridized carbons (Fsp3) is 0.500. The second-order valence-corrected chi connectivity index (χ2v) is 4.94. The van der Waals surface area contributed by atoms with Gasteiger partial charge < -0.3 is 14.9 Å². The summed E-state index contributed by atoms with van der Waals surface area (Å²) in [6.45, 7) is 0. The van der Waals surface area contributed by atoms with Crippen LogP contribution in [0.25, 0.3) is 0 Å². The Morgan fingerprint density at radius 1 is 1.50 bits per heavy atom. The van der Waals surface area contributed by atoms with Crippen LogP contribution in [0.15, 0.2) is 24.3 Å². The van der Waals surface area contributed by atoms with Gasteiger partial charge in [0.2, 0.25) is 0 Å². The van der Waals surface area contributed by atoms with Crippen molar-refractivity contribution in [3.05, 3.63) is 29.8 Å². The first-order valence-corrected chi connectivity index (χ1v) is 6.13. The van der Waals surface area contributed by atoms with Crippen LogP contribution in [0.4, 0.5) is 0 Å². The molecule has 2 N–H and O–H groups in total. The number of carboxylic acid groups (broad SMARTS) is 1. The highest BCUT2D eigenvalue weighted by Crippen LogP contribution is 2.47. The van der Waals surface area contributed by atoms with Crippen LogP contribution < -0.4 is 4.74 Å². The molecule has 1 aliphatic carbocycles. The van der Waals surface area contributed by atoms with Gasteiger partial charge in [0, 0.05) is 0 Å². The van der Waals surface area contributed by atoms with Crippen molar-refractivity contribution in [2.75, 3.05) is 7.11 Å². The highest BCUT2D eigenvalue weighted by atomic mass is 16.5. The Hall–Kier alpha value is -1.55. The van der Waals surface area contributed by atoms with Crippen LogP contribution >= 0.6 is 0 Å². The third-order valence-corrected chi connectivity index (χ3v) is 3.83. The molecule has 98 valence electrons. The summed E-state index contributed by atoms with van der Waals surface area (Å²) in [6, 6.07) is 7.14. The van der Waals surface area contributed by atoms with E-state index < -0.39 is 17.5 Å². The quantitative estimate of drug-likeness (QED) is 0.842. The number of hydrogen-bond donors (Lipinski definition) is 2. The zero-order chi connectivity index (χ0) is 13.2. The first kappa shape index (κ1) is 12.9. The van der Waals surface area contributed by atoms with Crippen molar-refractivity contribution < 1.29 is 19.7 Å². The number of benzene rings is 1. The third-order valence-electron chi connectivity index (χ3n) is 3.83. The maximum Gasteiger partial charge on any atom is 0.309 e. The Labute approximate surface area is 106 Å². The van der Waals surface area contributed by atoms with Crippen LogP contribution in [0.2, 0.25) is 0 Å². The van der Waals surface area contributed by atoms with E-state index in [0.717, 1.165) is 6.42 Å². The van der Waals surface area contributed by atoms with Gasteiger partial charge in [0.25, 0.3) is 0 Å². The monoisotopic (exact) mass is 250 g/mol. The molecule has 1 aliphatic rings. The minimum Gasteiger partial charge on any atom is -0.497 e. The van der Waals surface area contributed by atoms with E-state index >= 15 is 0 Å². The summed E-state index contributed by atoms with van der Waals surface area (Å²) < 4.78 is 5.10. The zero-order valence-electron chi connectivity index (χ0n) is 10.4. The molecule has 1 fully saturated rings. The Bertz CT molecular complexity index is 437. The topological polar surface area (TPSA) is 66.8 Å². The molecule has 1 unspecified atom stereocenters. The standard InChI is InChI=1S/C14H18O4/c1-18-11-5-2-4-10(8-11)12(15)9-14(13(16)17)6-3-7-14/h2,4-5,8,12,15H,3,6-7,9H2,1H3,(H,16,17). The van der Waals surface area contributed by atoms with E-state index in [4.69, 9.17) is 4.74 Å². The second-order valence-electron chi connectivity index (χ2n) is 4.94. The Kier molecular flexibility index (Phi) is 3.57. The number of carbonyl (C=O) groups is 1. The van der Waals surface area contributed by atoms with Gasteiger partial charge in [-0.15, -0.1) is 0 Å². The first-order valence-electron chi connectivity index (χ1n) is 6.13. The molecule has 0 aliphatic heterocycles. The van der Waals surface area contributed by atoms with Gasteiger partial charge in [0.05, 0.1) is 18.6 Å². The van der Waals surface area contributed by atoms with Crippen molar-refractivity contribution in [2.45, 2.75) is 31.8 Å². The van der Waals surface area contributed by atoms with Crippen LogP contribution in [0, 0.1) is 5.41 Å². The lowest BCUT2D eigenvalue weighted by molar-refractivity contribution is -0.157. The van der Waals surface area contributed by atoms with E-state index in [-0.39, 0.29) is 6.42 Å². The van der Waals surface area contributed by atoms with E-state index in [9.17, 15) is 15.0 Å². The highest BCUT2D eigenvalue weighted by molar-refractivity contribution is 5.75. The van der Waals surface area contributed by atoms with Crippen molar-refractivity contribution in [2.24, 2.45) is 5.41 Å². The van der Waals surface area contributed by atoms with Gasteiger partial charge in [0.1, 0.15) is 5.75 Å². The molecule has 0 bridgehead atoms. The molecular weight excluding hydrogens is 232 g/mol. The molecule has 0 saturated heterocycles. The van der Waals surface area contributed by atoms with Crippen LogP contribution in [-0.2, 0) is 4.79 Å². The summed E-state index contributed by atoms with van der Waals surface area (Å²) >= 11 is 0. The van der Waals surface area contributed by atoms with E-state index in [0.29, 0.717) is 24.2 Å². The number of methoxy groups -OCH3 is 1. The Morgan fingerprint density at radius 2 is 2.22 bits per heavy atom. The Balaban J connectivity index is 2.11. The molecule has 0 heterocycles. The van der Waals surface area contributed by atoms with Gasteiger partial charge in [0.15, 0.2) is 0 Å². The largest absolute Gasteiger partial charge is 0.497 e. The normalized spacial score (nSPS) is 18.8. The number of carboxylic acids is 1. The van der Waals surface area contributed by atoms with Gasteiger partial charge in [-0.05, 0) is 37.0 Å². The predicted octanol–water partition coefficient (Wildman–Crippen LogP) is 2.37. The maximum atomic E-state index is 11.3. The Morgan fingerprint density at radius 3 is 2.72 bits per heavy atom. The molecule has 0 amide bonds. The van der Waals surface area contributed by atoms with Crippen molar-refractivity contribution in [1.82, 2.24) is 0 Å². The average molecular weight is 250 g/mol. The zero-order valence-corrected chi connectivity index (χ0v) is 10.4. The van der Waals surface area contributed by atoms with Crippen molar-refractivity contribution in [1.29, 1.82) is 0 Å². The average Bonchev–Trinajstić information content (AvgIpc) is 2.33. The maximum absolute atomic E-state index is 11.3. The lowest BCUT2D eigenvalue weighted by Crippen LogP contribution is -2.39. The highest BCUT2D eigenvalue weighted by Gasteiger charge is 2.45. The van der Waals surface area contributed by atoms with Gasteiger partial charge >= 0.3 is 5.97 Å². The second kappa shape index (κ2) is 4.98. The molecule has 0 aromatic heterocycles. The van der Waals surface area contributed by atoms with E-state index in [1.807, 2.05) is 0 Å². The summed E-state index contributed by atoms with van der Waals surface area (Å²) in [5, 5.41) is 19.4. The third kappa shape index (κ3) is 2.34. The van der Waals surface area contributed by atoms with Crippen molar-refractivity contribution in [3.63, 3.8) is 0 Å². The van der Waals surface area contributed by atoms with Gasteiger partial charge in [-0.1, -0.05) is 18.6 Å². The van der Waals surface area contributed by atoms with E-state index in [1.165, 1.54) is 0 Å². The number of aliphatic carboxylic acids is 1. The summed E-state index contributed by atoms with van der Waals surface area (Å²) in [5.41, 5.74) is -0.0236. The minimum absolute atomic E-state index is 0.273. The number of aliphatic hydroxyl groups excluding tert-OH is 1. The molecular formula is C14H18O4. The molecule has 1 saturated carbocycles.